The molecule has 0 amide bonds. The minimum absolute atomic E-state index is 0.152. The van der Waals surface area contributed by atoms with Crippen LogP contribution in [0, 0.1) is 5.41 Å². The van der Waals surface area contributed by atoms with Gasteiger partial charge < -0.3 is 14.0 Å². The second-order valence-corrected chi connectivity index (χ2v) is 9.48. The summed E-state index contributed by atoms with van der Waals surface area (Å²) < 4.78 is 30.6. The molecule has 0 bridgehead atoms. The maximum atomic E-state index is 12.3. The molecule has 1 aromatic heterocycles. The number of aromatic nitrogens is 2. The van der Waals surface area contributed by atoms with Crippen LogP contribution >= 0.6 is 0 Å². The Hall–Kier alpha value is -2.19. The van der Waals surface area contributed by atoms with Crippen molar-refractivity contribution in [3.63, 3.8) is 0 Å². The van der Waals surface area contributed by atoms with Crippen molar-refractivity contribution in [3.8, 4) is 5.75 Å². The Morgan fingerprint density at radius 2 is 1.81 bits per heavy atom. The molecule has 178 valence electrons. The molecule has 8 heteroatoms. The van der Waals surface area contributed by atoms with Crippen molar-refractivity contribution in [2.24, 2.45) is 5.41 Å². The Morgan fingerprint density at radius 3 is 2.50 bits per heavy atom. The van der Waals surface area contributed by atoms with Crippen molar-refractivity contribution >= 4 is 17.0 Å². The minimum atomic E-state index is -1.47. The third-order valence-corrected chi connectivity index (χ3v) is 6.16. The number of hydrogen-bond acceptors (Lipinski definition) is 6. The van der Waals surface area contributed by atoms with E-state index in [9.17, 15) is 9.00 Å². The molecule has 0 saturated heterocycles. The number of esters is 1. The van der Waals surface area contributed by atoms with Crippen LogP contribution in [0.3, 0.4) is 0 Å². The summed E-state index contributed by atoms with van der Waals surface area (Å²) in [6.07, 6.45) is 10.9. The van der Waals surface area contributed by atoms with E-state index in [4.69, 9.17) is 13.7 Å². The summed E-state index contributed by atoms with van der Waals surface area (Å²) in [4.78, 5) is 16.6. The SMILES string of the molecule is CCOC(=O)C(C)(C)CCCCOc1ccc(S(=O)OCCCCCn2ccnc2)cc1. The standard InChI is InChI=1S/C24H36N2O5S/c1-4-29-23(27)24(2,3)14-6-9-18-30-21-10-12-22(13-11-21)32(28)31-19-8-5-7-16-26-17-15-25-20-26/h10-13,15,17,20H,4-9,14,16,18-19H2,1-3H3. The molecule has 0 radical (unpaired) electrons. The highest BCUT2D eigenvalue weighted by Crippen LogP contribution is 2.25. The first-order valence-corrected chi connectivity index (χ1v) is 12.4. The summed E-state index contributed by atoms with van der Waals surface area (Å²) in [5.41, 5.74) is -0.470. The Kier molecular flexibility index (Phi) is 11.5. The van der Waals surface area contributed by atoms with Gasteiger partial charge in [0.2, 0.25) is 0 Å². The summed E-state index contributed by atoms with van der Waals surface area (Å²) in [5.74, 6) is 0.580. The third kappa shape index (κ3) is 9.53. The topological polar surface area (TPSA) is 79.6 Å². The fourth-order valence-corrected chi connectivity index (χ4v) is 3.89. The molecule has 0 saturated carbocycles. The zero-order valence-electron chi connectivity index (χ0n) is 19.5. The van der Waals surface area contributed by atoms with Crippen molar-refractivity contribution in [2.45, 2.75) is 70.7 Å². The van der Waals surface area contributed by atoms with E-state index in [1.54, 1.807) is 18.3 Å². The molecule has 0 aliphatic rings. The van der Waals surface area contributed by atoms with Crippen molar-refractivity contribution in [3.05, 3.63) is 43.0 Å². The highest BCUT2D eigenvalue weighted by molar-refractivity contribution is 7.80. The molecule has 1 atom stereocenters. The van der Waals surface area contributed by atoms with Gasteiger partial charge in [-0.15, -0.1) is 0 Å². The summed E-state index contributed by atoms with van der Waals surface area (Å²) in [6.45, 7) is 8.02. The summed E-state index contributed by atoms with van der Waals surface area (Å²) in [5, 5.41) is 0. The van der Waals surface area contributed by atoms with Gasteiger partial charge in [-0.05, 0) is 83.6 Å². The molecule has 1 unspecified atom stereocenters. The van der Waals surface area contributed by atoms with Gasteiger partial charge >= 0.3 is 5.97 Å². The molecule has 2 aromatic rings. The van der Waals surface area contributed by atoms with Gasteiger partial charge in [-0.3, -0.25) is 8.98 Å². The highest BCUT2D eigenvalue weighted by Gasteiger charge is 2.28. The van der Waals surface area contributed by atoms with E-state index in [-0.39, 0.29) is 5.97 Å². The van der Waals surface area contributed by atoms with E-state index in [2.05, 4.69) is 4.98 Å². The summed E-state index contributed by atoms with van der Waals surface area (Å²) in [7, 11) is 0. The Balaban J connectivity index is 1.57. The van der Waals surface area contributed by atoms with Gasteiger partial charge in [0.15, 0.2) is 11.1 Å². The van der Waals surface area contributed by atoms with Gasteiger partial charge in [0.05, 0.1) is 36.5 Å². The molecule has 0 aliphatic carbocycles. The van der Waals surface area contributed by atoms with E-state index in [1.807, 2.05) is 50.0 Å². The van der Waals surface area contributed by atoms with Crippen LogP contribution in [0.1, 0.15) is 59.3 Å². The van der Waals surface area contributed by atoms with Gasteiger partial charge in [-0.2, -0.15) is 0 Å². The lowest BCUT2D eigenvalue weighted by atomic mass is 9.87. The van der Waals surface area contributed by atoms with Crippen LogP contribution in [0.5, 0.6) is 5.75 Å². The lowest BCUT2D eigenvalue weighted by Crippen LogP contribution is -2.26. The lowest BCUT2D eigenvalue weighted by Gasteiger charge is -2.21. The van der Waals surface area contributed by atoms with Crippen LogP contribution in [0.2, 0.25) is 0 Å². The lowest BCUT2D eigenvalue weighted by molar-refractivity contribution is -0.153. The normalized spacial score (nSPS) is 12.5. The van der Waals surface area contributed by atoms with Crippen molar-refractivity contribution < 1.29 is 22.7 Å². The maximum absolute atomic E-state index is 12.3. The molecule has 7 nitrogen and oxygen atoms in total. The van der Waals surface area contributed by atoms with Gasteiger partial charge in [-0.1, -0.05) is 0 Å². The van der Waals surface area contributed by atoms with Gasteiger partial charge in [0.25, 0.3) is 0 Å². The van der Waals surface area contributed by atoms with E-state index in [0.717, 1.165) is 50.8 Å². The Morgan fingerprint density at radius 1 is 1.06 bits per heavy atom. The number of benzene rings is 1. The average molecular weight is 465 g/mol. The molecule has 2 rings (SSSR count). The molecule has 0 spiro atoms. The zero-order chi connectivity index (χ0) is 23.2. The molecule has 1 heterocycles. The van der Waals surface area contributed by atoms with Crippen LogP contribution in [0.15, 0.2) is 47.9 Å². The quantitative estimate of drug-likeness (QED) is 0.259. The second-order valence-electron chi connectivity index (χ2n) is 8.30. The number of unbranched alkanes of at least 4 members (excludes halogenated alkanes) is 3. The maximum Gasteiger partial charge on any atom is 0.311 e. The number of imidazole rings is 1. The van der Waals surface area contributed by atoms with Crippen LogP contribution in [0.4, 0.5) is 0 Å². The summed E-state index contributed by atoms with van der Waals surface area (Å²) in [6, 6.07) is 7.16. The van der Waals surface area contributed by atoms with Gasteiger partial charge in [-0.25, -0.2) is 9.19 Å². The first-order valence-electron chi connectivity index (χ1n) is 11.3. The van der Waals surface area contributed by atoms with Crippen LogP contribution in [-0.2, 0) is 31.3 Å². The Labute approximate surface area is 194 Å². The van der Waals surface area contributed by atoms with E-state index in [0.29, 0.717) is 24.7 Å². The molecule has 0 aliphatic heterocycles. The Bertz CT molecular complexity index is 806. The average Bonchev–Trinajstić information content (AvgIpc) is 3.30. The molecule has 1 aromatic carbocycles. The van der Waals surface area contributed by atoms with E-state index < -0.39 is 16.5 Å². The first kappa shape index (κ1) is 26.1. The van der Waals surface area contributed by atoms with Crippen molar-refractivity contribution in [2.75, 3.05) is 19.8 Å². The number of aryl methyl sites for hydroxylation is 1. The molecule has 32 heavy (non-hydrogen) atoms. The number of carbonyl (C=O) groups is 1. The predicted octanol–water partition coefficient (Wildman–Crippen LogP) is 4.93. The second kappa shape index (κ2) is 14.1. The van der Waals surface area contributed by atoms with Crippen LogP contribution in [-0.4, -0.2) is 39.5 Å². The predicted molar refractivity (Wildman–Crippen MR) is 125 cm³/mol. The molecule has 0 N–H and O–H groups in total. The van der Waals surface area contributed by atoms with Crippen molar-refractivity contribution in [1.82, 2.24) is 9.55 Å². The number of ether oxygens (including phenoxy) is 2. The van der Waals surface area contributed by atoms with Gasteiger partial charge in [0.1, 0.15) is 5.75 Å². The fraction of sp³-hybridized carbons (Fsp3) is 0.583. The monoisotopic (exact) mass is 464 g/mol. The summed E-state index contributed by atoms with van der Waals surface area (Å²) >= 11 is -1.47. The highest BCUT2D eigenvalue weighted by atomic mass is 32.2. The largest absolute Gasteiger partial charge is 0.494 e. The third-order valence-electron chi connectivity index (χ3n) is 5.12. The van der Waals surface area contributed by atoms with Gasteiger partial charge in [0, 0.05) is 18.9 Å². The number of hydrogen-bond donors (Lipinski definition) is 0. The number of rotatable bonds is 16. The van der Waals surface area contributed by atoms with E-state index in [1.165, 1.54) is 0 Å². The molecular weight excluding hydrogens is 428 g/mol. The van der Waals surface area contributed by atoms with Crippen LogP contribution in [0.25, 0.3) is 0 Å². The van der Waals surface area contributed by atoms with Crippen LogP contribution < -0.4 is 4.74 Å². The number of nitrogens with zero attached hydrogens (tertiary/aromatic N) is 2. The zero-order valence-corrected chi connectivity index (χ0v) is 20.3. The smallest absolute Gasteiger partial charge is 0.311 e. The van der Waals surface area contributed by atoms with Crippen molar-refractivity contribution in [1.29, 1.82) is 0 Å². The van der Waals surface area contributed by atoms with E-state index >= 15 is 0 Å². The fourth-order valence-electron chi connectivity index (χ4n) is 3.13. The first-order chi connectivity index (χ1) is 15.4. The number of carbonyl (C=O) groups excluding carboxylic acids is 1. The molecular formula is C24H36N2O5S. The minimum Gasteiger partial charge on any atom is -0.494 e. The molecule has 0 fully saturated rings.